The number of hydrogen-bond donors (Lipinski definition) is 0. The van der Waals surface area contributed by atoms with E-state index in [1.54, 1.807) is 0 Å². The second-order valence-corrected chi connectivity index (χ2v) is 6.82. The first-order chi connectivity index (χ1) is 10.5. The number of aldehydes is 1. The molecule has 0 fully saturated rings. The lowest BCUT2D eigenvalue weighted by Crippen LogP contribution is -2.44. The van der Waals surface area contributed by atoms with Crippen molar-refractivity contribution in [2.45, 2.75) is 39.9 Å². The van der Waals surface area contributed by atoms with E-state index in [0.717, 1.165) is 19.4 Å². The van der Waals surface area contributed by atoms with Crippen LogP contribution in [0.1, 0.15) is 31.9 Å². The SMILES string of the molecule is CC(C)(C)[C@@H](C=O)N(Cc1ccccc1)Cc1ccccc1. The molecule has 0 saturated carbocycles. The lowest BCUT2D eigenvalue weighted by Gasteiger charge is -2.36. The van der Waals surface area contributed by atoms with E-state index in [2.05, 4.69) is 49.9 Å². The van der Waals surface area contributed by atoms with Gasteiger partial charge in [0.25, 0.3) is 0 Å². The molecular weight excluding hydrogens is 270 g/mol. The van der Waals surface area contributed by atoms with Gasteiger partial charge in [-0.3, -0.25) is 4.90 Å². The third kappa shape index (κ3) is 4.54. The van der Waals surface area contributed by atoms with Gasteiger partial charge in [-0.25, -0.2) is 0 Å². The van der Waals surface area contributed by atoms with Crippen molar-refractivity contribution in [3.8, 4) is 0 Å². The Labute approximate surface area is 133 Å². The summed E-state index contributed by atoms with van der Waals surface area (Å²) < 4.78 is 0. The molecule has 0 saturated heterocycles. The zero-order valence-corrected chi connectivity index (χ0v) is 13.7. The molecule has 2 nitrogen and oxygen atoms in total. The zero-order valence-electron chi connectivity index (χ0n) is 13.7. The van der Waals surface area contributed by atoms with Gasteiger partial charge in [-0.2, -0.15) is 0 Å². The number of hydrogen-bond acceptors (Lipinski definition) is 2. The lowest BCUT2D eigenvalue weighted by atomic mass is 9.86. The molecule has 0 aliphatic carbocycles. The molecule has 0 amide bonds. The van der Waals surface area contributed by atoms with Crippen LogP contribution in [0.3, 0.4) is 0 Å². The van der Waals surface area contributed by atoms with Gasteiger partial charge in [0.15, 0.2) is 0 Å². The summed E-state index contributed by atoms with van der Waals surface area (Å²) in [5, 5.41) is 0. The van der Waals surface area contributed by atoms with Gasteiger partial charge in [0.2, 0.25) is 0 Å². The maximum Gasteiger partial charge on any atom is 0.137 e. The van der Waals surface area contributed by atoms with Crippen LogP contribution >= 0.6 is 0 Å². The summed E-state index contributed by atoms with van der Waals surface area (Å²) in [5.74, 6) is 0. The minimum absolute atomic E-state index is 0.0920. The van der Waals surface area contributed by atoms with Crippen molar-refractivity contribution in [1.82, 2.24) is 4.90 Å². The van der Waals surface area contributed by atoms with E-state index in [1.807, 2.05) is 36.4 Å². The molecule has 0 heterocycles. The van der Waals surface area contributed by atoms with Crippen LogP contribution in [0.25, 0.3) is 0 Å². The van der Waals surface area contributed by atoms with Gasteiger partial charge in [-0.15, -0.1) is 0 Å². The zero-order chi connectivity index (χ0) is 16.0. The second-order valence-electron chi connectivity index (χ2n) is 6.82. The van der Waals surface area contributed by atoms with Crippen LogP contribution in [0.4, 0.5) is 0 Å². The number of benzene rings is 2. The summed E-state index contributed by atoms with van der Waals surface area (Å²) in [6.45, 7) is 7.91. The van der Waals surface area contributed by atoms with Crippen molar-refractivity contribution in [3.05, 3.63) is 71.8 Å². The van der Waals surface area contributed by atoms with Crippen LogP contribution in [0.5, 0.6) is 0 Å². The van der Waals surface area contributed by atoms with Crippen molar-refractivity contribution in [2.24, 2.45) is 5.41 Å². The molecule has 22 heavy (non-hydrogen) atoms. The monoisotopic (exact) mass is 295 g/mol. The maximum absolute atomic E-state index is 11.7. The molecule has 2 aromatic carbocycles. The van der Waals surface area contributed by atoms with Crippen LogP contribution in [0, 0.1) is 5.41 Å². The van der Waals surface area contributed by atoms with Gasteiger partial charge in [-0.1, -0.05) is 81.4 Å². The number of nitrogens with zero attached hydrogens (tertiary/aromatic N) is 1. The Morgan fingerprint density at radius 3 is 1.59 bits per heavy atom. The van der Waals surface area contributed by atoms with E-state index in [0.29, 0.717) is 0 Å². The van der Waals surface area contributed by atoms with E-state index in [4.69, 9.17) is 0 Å². The Hall–Kier alpha value is -1.93. The fourth-order valence-corrected chi connectivity index (χ4v) is 2.73. The van der Waals surface area contributed by atoms with Gasteiger partial charge >= 0.3 is 0 Å². The predicted molar refractivity (Wildman–Crippen MR) is 91.4 cm³/mol. The first kappa shape index (κ1) is 16.4. The number of rotatable bonds is 6. The quantitative estimate of drug-likeness (QED) is 0.740. The minimum Gasteiger partial charge on any atom is -0.302 e. The highest BCUT2D eigenvalue weighted by atomic mass is 16.1. The Morgan fingerprint density at radius 1 is 0.864 bits per heavy atom. The van der Waals surface area contributed by atoms with Crippen LogP contribution in [-0.4, -0.2) is 17.2 Å². The summed E-state index contributed by atoms with van der Waals surface area (Å²) >= 11 is 0. The highest BCUT2D eigenvalue weighted by Crippen LogP contribution is 2.26. The molecule has 2 rings (SSSR count). The van der Waals surface area contributed by atoms with Crippen molar-refractivity contribution < 1.29 is 4.79 Å². The van der Waals surface area contributed by atoms with Gasteiger partial charge in [-0.05, 0) is 16.5 Å². The normalized spacial score (nSPS) is 13.1. The van der Waals surface area contributed by atoms with Gasteiger partial charge < -0.3 is 4.79 Å². The molecule has 0 unspecified atom stereocenters. The number of carbonyl (C=O) groups is 1. The molecule has 2 heteroatoms. The van der Waals surface area contributed by atoms with Crippen LogP contribution < -0.4 is 0 Å². The average molecular weight is 295 g/mol. The smallest absolute Gasteiger partial charge is 0.137 e. The van der Waals surface area contributed by atoms with Crippen LogP contribution in [-0.2, 0) is 17.9 Å². The summed E-state index contributed by atoms with van der Waals surface area (Å²) in [6.07, 6.45) is 1.09. The summed E-state index contributed by atoms with van der Waals surface area (Å²) in [4.78, 5) is 14.0. The molecule has 1 atom stereocenters. The Kier molecular flexibility index (Phi) is 5.51. The molecule has 0 aromatic heterocycles. The summed E-state index contributed by atoms with van der Waals surface area (Å²) in [6, 6.07) is 20.6. The Bertz CT molecular complexity index is 530. The molecular formula is C20H25NO. The molecule has 0 aliphatic heterocycles. The first-order valence-corrected chi connectivity index (χ1v) is 7.78. The Balaban J connectivity index is 2.25. The fraction of sp³-hybridized carbons (Fsp3) is 0.350. The lowest BCUT2D eigenvalue weighted by molar-refractivity contribution is -0.116. The van der Waals surface area contributed by atoms with Gasteiger partial charge in [0.05, 0.1) is 6.04 Å². The summed E-state index contributed by atoms with van der Waals surface area (Å²) in [7, 11) is 0. The van der Waals surface area contributed by atoms with Crippen molar-refractivity contribution >= 4 is 6.29 Å². The van der Waals surface area contributed by atoms with Crippen LogP contribution in [0.2, 0.25) is 0 Å². The minimum atomic E-state index is -0.118. The molecule has 0 radical (unpaired) electrons. The molecule has 2 aromatic rings. The van der Waals surface area contributed by atoms with E-state index >= 15 is 0 Å². The van der Waals surface area contributed by atoms with E-state index < -0.39 is 0 Å². The van der Waals surface area contributed by atoms with E-state index in [-0.39, 0.29) is 11.5 Å². The highest BCUT2D eigenvalue weighted by Gasteiger charge is 2.30. The Morgan fingerprint density at radius 2 is 1.27 bits per heavy atom. The standard InChI is InChI=1S/C20H25NO/c1-20(2,3)19(16-22)21(14-17-10-6-4-7-11-17)15-18-12-8-5-9-13-18/h4-13,16,19H,14-15H2,1-3H3/t19-/m1/s1. The molecule has 116 valence electrons. The number of carbonyl (C=O) groups excluding carboxylic acids is 1. The molecule has 0 aliphatic rings. The molecule has 0 N–H and O–H groups in total. The van der Waals surface area contributed by atoms with Crippen LogP contribution in [0.15, 0.2) is 60.7 Å². The second kappa shape index (κ2) is 7.37. The van der Waals surface area contributed by atoms with Crippen molar-refractivity contribution in [2.75, 3.05) is 0 Å². The predicted octanol–water partition coefficient (Wildman–Crippen LogP) is 4.30. The van der Waals surface area contributed by atoms with Crippen molar-refractivity contribution in [1.29, 1.82) is 0 Å². The average Bonchev–Trinajstić information content (AvgIpc) is 2.48. The third-order valence-electron chi connectivity index (χ3n) is 3.87. The van der Waals surface area contributed by atoms with Gasteiger partial charge in [0, 0.05) is 13.1 Å². The van der Waals surface area contributed by atoms with E-state index in [9.17, 15) is 4.79 Å². The maximum atomic E-state index is 11.7. The fourth-order valence-electron chi connectivity index (χ4n) is 2.73. The first-order valence-electron chi connectivity index (χ1n) is 7.78. The molecule has 0 spiro atoms. The largest absolute Gasteiger partial charge is 0.302 e. The topological polar surface area (TPSA) is 20.3 Å². The van der Waals surface area contributed by atoms with Crippen molar-refractivity contribution in [3.63, 3.8) is 0 Å². The third-order valence-corrected chi connectivity index (χ3v) is 3.87. The highest BCUT2D eigenvalue weighted by molar-refractivity contribution is 5.59. The summed E-state index contributed by atoms with van der Waals surface area (Å²) in [5.41, 5.74) is 2.37. The van der Waals surface area contributed by atoms with E-state index in [1.165, 1.54) is 11.1 Å². The van der Waals surface area contributed by atoms with Gasteiger partial charge in [0.1, 0.15) is 6.29 Å². The molecule has 0 bridgehead atoms.